The number of anilines is 1. The van der Waals surface area contributed by atoms with Crippen molar-refractivity contribution in [2.45, 2.75) is 39.7 Å². The van der Waals surface area contributed by atoms with E-state index in [-0.39, 0.29) is 5.54 Å². The van der Waals surface area contributed by atoms with Crippen molar-refractivity contribution in [1.29, 1.82) is 0 Å². The number of halogens is 1. The molecule has 1 aromatic heterocycles. The maximum Gasteiger partial charge on any atom is 0.0738 e. The van der Waals surface area contributed by atoms with Gasteiger partial charge in [-0.15, -0.1) is 0 Å². The number of fused-ring (bicyclic) bond motifs is 1. The van der Waals surface area contributed by atoms with Crippen LogP contribution in [0.25, 0.3) is 22.0 Å². The first-order valence-corrected chi connectivity index (χ1v) is 9.85. The zero-order valence-corrected chi connectivity index (χ0v) is 17.3. The molecule has 0 saturated carbocycles. The van der Waals surface area contributed by atoms with E-state index in [0.717, 1.165) is 41.7 Å². The van der Waals surface area contributed by atoms with Crippen LogP contribution in [0.5, 0.6) is 0 Å². The third kappa shape index (κ3) is 5.21. The Morgan fingerprint density at radius 3 is 2.59 bits per heavy atom. The molecule has 0 aliphatic carbocycles. The Labute approximate surface area is 167 Å². The average Bonchev–Trinajstić information content (AvgIpc) is 2.60. The molecule has 0 saturated heterocycles. The topological polar surface area (TPSA) is 37.0 Å². The third-order valence-corrected chi connectivity index (χ3v) is 4.71. The second-order valence-corrected chi connectivity index (χ2v) is 8.47. The standard InChI is InChI=1S/C23H28ClN3/c1-16-7-5-8-17(13-16)20-15-26-21-14-18(24)9-10-19(21)22(20)25-11-6-12-27-23(2,3)4/h5,7-10,13-15,27H,6,11-12H2,1-4H3,(H,25,26). The van der Waals surface area contributed by atoms with Gasteiger partial charge in [0.05, 0.1) is 11.2 Å². The van der Waals surface area contributed by atoms with E-state index in [2.05, 4.69) is 73.6 Å². The lowest BCUT2D eigenvalue weighted by atomic mass is 10.0. The van der Waals surface area contributed by atoms with Gasteiger partial charge in [0, 0.05) is 34.3 Å². The minimum atomic E-state index is 0.146. The Bertz CT molecular complexity index is 929. The Morgan fingerprint density at radius 1 is 1.04 bits per heavy atom. The average molecular weight is 382 g/mol. The van der Waals surface area contributed by atoms with Crippen molar-refractivity contribution >= 4 is 28.2 Å². The molecule has 0 radical (unpaired) electrons. The maximum absolute atomic E-state index is 6.17. The molecule has 0 aliphatic heterocycles. The van der Waals surface area contributed by atoms with Crippen LogP contribution in [0, 0.1) is 6.92 Å². The normalized spacial score (nSPS) is 11.7. The summed E-state index contributed by atoms with van der Waals surface area (Å²) in [5, 5.41) is 9.00. The van der Waals surface area contributed by atoms with Gasteiger partial charge in [-0.25, -0.2) is 0 Å². The Hall–Kier alpha value is -2.10. The van der Waals surface area contributed by atoms with Gasteiger partial charge >= 0.3 is 0 Å². The zero-order valence-electron chi connectivity index (χ0n) is 16.6. The number of aromatic nitrogens is 1. The van der Waals surface area contributed by atoms with Gasteiger partial charge in [0.2, 0.25) is 0 Å². The second-order valence-electron chi connectivity index (χ2n) is 8.03. The van der Waals surface area contributed by atoms with Crippen molar-refractivity contribution in [3.05, 3.63) is 59.2 Å². The first-order chi connectivity index (χ1) is 12.8. The minimum absolute atomic E-state index is 0.146. The molecule has 2 aromatic carbocycles. The molecular weight excluding hydrogens is 354 g/mol. The van der Waals surface area contributed by atoms with Gasteiger partial charge < -0.3 is 10.6 Å². The van der Waals surface area contributed by atoms with Crippen LogP contribution in [0.2, 0.25) is 5.02 Å². The molecule has 3 nitrogen and oxygen atoms in total. The maximum atomic E-state index is 6.17. The van der Waals surface area contributed by atoms with E-state index >= 15 is 0 Å². The molecule has 3 aromatic rings. The van der Waals surface area contributed by atoms with Crippen molar-refractivity contribution in [1.82, 2.24) is 10.3 Å². The molecule has 0 atom stereocenters. The molecule has 0 spiro atoms. The van der Waals surface area contributed by atoms with Crippen LogP contribution in [-0.2, 0) is 0 Å². The van der Waals surface area contributed by atoms with Gasteiger partial charge in [-0.2, -0.15) is 0 Å². The van der Waals surface area contributed by atoms with Crippen LogP contribution in [0.4, 0.5) is 5.69 Å². The molecule has 1 heterocycles. The van der Waals surface area contributed by atoms with E-state index in [1.54, 1.807) is 0 Å². The number of pyridine rings is 1. The van der Waals surface area contributed by atoms with Crippen LogP contribution in [-0.4, -0.2) is 23.6 Å². The molecule has 3 rings (SSSR count). The predicted octanol–water partition coefficient (Wildman–Crippen LogP) is 6.05. The summed E-state index contributed by atoms with van der Waals surface area (Å²) in [6.45, 7) is 10.6. The summed E-state index contributed by atoms with van der Waals surface area (Å²) in [7, 11) is 0. The fourth-order valence-electron chi connectivity index (χ4n) is 3.15. The lowest BCUT2D eigenvalue weighted by Crippen LogP contribution is -2.36. The van der Waals surface area contributed by atoms with Crippen molar-refractivity contribution in [3.8, 4) is 11.1 Å². The van der Waals surface area contributed by atoms with Crippen LogP contribution < -0.4 is 10.6 Å². The summed E-state index contributed by atoms with van der Waals surface area (Å²) >= 11 is 6.17. The molecule has 142 valence electrons. The number of benzene rings is 2. The molecule has 4 heteroatoms. The molecule has 0 amide bonds. The molecule has 2 N–H and O–H groups in total. The zero-order chi connectivity index (χ0) is 19.4. The van der Waals surface area contributed by atoms with E-state index in [0.29, 0.717) is 5.02 Å². The summed E-state index contributed by atoms with van der Waals surface area (Å²) in [4.78, 5) is 4.65. The quantitative estimate of drug-likeness (QED) is 0.510. The summed E-state index contributed by atoms with van der Waals surface area (Å²) in [6, 6.07) is 14.4. The van der Waals surface area contributed by atoms with Crippen molar-refractivity contribution in [2.75, 3.05) is 18.4 Å². The highest BCUT2D eigenvalue weighted by atomic mass is 35.5. The highest BCUT2D eigenvalue weighted by Gasteiger charge is 2.12. The van der Waals surface area contributed by atoms with Crippen LogP contribution in [0.15, 0.2) is 48.7 Å². The van der Waals surface area contributed by atoms with Crippen LogP contribution in [0.1, 0.15) is 32.8 Å². The van der Waals surface area contributed by atoms with Gasteiger partial charge in [0.15, 0.2) is 0 Å². The Balaban J connectivity index is 1.90. The fourth-order valence-corrected chi connectivity index (χ4v) is 3.32. The highest BCUT2D eigenvalue weighted by molar-refractivity contribution is 6.31. The monoisotopic (exact) mass is 381 g/mol. The minimum Gasteiger partial charge on any atom is -0.384 e. The number of hydrogen-bond acceptors (Lipinski definition) is 3. The number of nitrogens with one attached hydrogen (secondary N) is 2. The van der Waals surface area contributed by atoms with Crippen LogP contribution >= 0.6 is 11.6 Å². The second kappa shape index (κ2) is 8.28. The molecule has 0 aliphatic rings. The summed E-state index contributed by atoms with van der Waals surface area (Å²) in [5.41, 5.74) is 5.72. The molecule has 0 bridgehead atoms. The molecule has 27 heavy (non-hydrogen) atoms. The Morgan fingerprint density at radius 2 is 1.85 bits per heavy atom. The number of hydrogen-bond donors (Lipinski definition) is 2. The largest absolute Gasteiger partial charge is 0.384 e. The number of rotatable bonds is 6. The van der Waals surface area contributed by atoms with E-state index in [4.69, 9.17) is 11.6 Å². The van der Waals surface area contributed by atoms with Gasteiger partial charge in [-0.3, -0.25) is 4.98 Å². The summed E-state index contributed by atoms with van der Waals surface area (Å²) in [6.07, 6.45) is 2.99. The van der Waals surface area contributed by atoms with Gasteiger partial charge in [-0.1, -0.05) is 41.4 Å². The van der Waals surface area contributed by atoms with Crippen molar-refractivity contribution in [2.24, 2.45) is 0 Å². The number of aryl methyl sites for hydroxylation is 1. The third-order valence-electron chi connectivity index (χ3n) is 4.47. The summed E-state index contributed by atoms with van der Waals surface area (Å²) in [5.74, 6) is 0. The summed E-state index contributed by atoms with van der Waals surface area (Å²) < 4.78 is 0. The first kappa shape index (κ1) is 19.7. The lowest BCUT2D eigenvalue weighted by molar-refractivity contribution is 0.425. The molecule has 0 fully saturated rings. The van der Waals surface area contributed by atoms with Gasteiger partial charge in [-0.05, 0) is 64.4 Å². The fraction of sp³-hybridized carbons (Fsp3) is 0.348. The first-order valence-electron chi connectivity index (χ1n) is 9.48. The predicted molar refractivity (Wildman–Crippen MR) is 118 cm³/mol. The van der Waals surface area contributed by atoms with Crippen LogP contribution in [0.3, 0.4) is 0 Å². The van der Waals surface area contributed by atoms with Crippen molar-refractivity contribution in [3.63, 3.8) is 0 Å². The smallest absolute Gasteiger partial charge is 0.0738 e. The lowest BCUT2D eigenvalue weighted by Gasteiger charge is -2.21. The molecule has 0 unspecified atom stereocenters. The SMILES string of the molecule is Cc1cccc(-c2cnc3cc(Cl)ccc3c2NCCCNC(C)(C)C)c1. The van der Waals surface area contributed by atoms with E-state index < -0.39 is 0 Å². The number of nitrogens with zero attached hydrogens (tertiary/aromatic N) is 1. The van der Waals surface area contributed by atoms with E-state index in [1.165, 1.54) is 11.1 Å². The Kier molecular flexibility index (Phi) is 6.03. The highest BCUT2D eigenvalue weighted by Crippen LogP contribution is 2.34. The van der Waals surface area contributed by atoms with Crippen molar-refractivity contribution < 1.29 is 0 Å². The van der Waals surface area contributed by atoms with E-state index in [9.17, 15) is 0 Å². The van der Waals surface area contributed by atoms with E-state index in [1.807, 2.05) is 18.3 Å². The molecular formula is C23H28ClN3. The van der Waals surface area contributed by atoms with Gasteiger partial charge in [0.25, 0.3) is 0 Å². The van der Waals surface area contributed by atoms with Gasteiger partial charge in [0.1, 0.15) is 0 Å².